The zero-order chi connectivity index (χ0) is 31.6. The molecule has 43 heavy (non-hydrogen) atoms. The van der Waals surface area contributed by atoms with E-state index in [1.165, 1.54) is 0 Å². The van der Waals surface area contributed by atoms with Crippen LogP contribution in [0.3, 0.4) is 0 Å². The van der Waals surface area contributed by atoms with Gasteiger partial charge in [-0.3, -0.25) is 14.9 Å². The van der Waals surface area contributed by atoms with Gasteiger partial charge in [-0.1, -0.05) is 64.8 Å². The van der Waals surface area contributed by atoms with Gasteiger partial charge in [0, 0.05) is 47.6 Å². The van der Waals surface area contributed by atoms with Gasteiger partial charge in [0.2, 0.25) is 0 Å². The van der Waals surface area contributed by atoms with Crippen molar-refractivity contribution in [2.24, 2.45) is 21.9 Å². The Morgan fingerprint density at radius 1 is 1.05 bits per heavy atom. The smallest absolute Gasteiger partial charge is 0.185 e. The van der Waals surface area contributed by atoms with E-state index in [1.807, 2.05) is 31.2 Å². The molecule has 3 aromatic rings. The van der Waals surface area contributed by atoms with Crippen molar-refractivity contribution in [1.29, 1.82) is 0 Å². The summed E-state index contributed by atoms with van der Waals surface area (Å²) in [7, 11) is 0. The van der Waals surface area contributed by atoms with Crippen LogP contribution in [-0.2, 0) is 18.3 Å². The molecule has 8 heteroatoms. The number of nitrogens with two attached hydrogens (primary N) is 2. The molecule has 8 nitrogen and oxygen atoms in total. The van der Waals surface area contributed by atoms with E-state index < -0.39 is 11.0 Å². The van der Waals surface area contributed by atoms with Gasteiger partial charge in [0.1, 0.15) is 0 Å². The number of aryl methyl sites for hydroxylation is 1. The standard InChI is InChI=1S/C30H39N5O3.C5H12/c1-19-15-20-9-5-6-10-22(20)34-23(19)17-30-18-35(14-8-4-3-7-13-33-28(31)32)25(29(30,2)38)16-21-11-12-24(36)27(37)26(21)30;1-5(2,3)4/h5-6,9-12,15,25,36-38H,3-4,7-8,13-14,16-18H2,1-2H3,(H4,31,32,33);1-4H3. The van der Waals surface area contributed by atoms with E-state index in [4.69, 9.17) is 16.5 Å². The third-order valence-electron chi connectivity index (χ3n) is 8.80. The Morgan fingerprint density at radius 3 is 2.42 bits per heavy atom. The Bertz CT molecular complexity index is 1450. The number of phenols is 2. The molecule has 0 saturated carbocycles. The van der Waals surface area contributed by atoms with Crippen LogP contribution < -0.4 is 11.5 Å². The molecule has 1 saturated heterocycles. The molecule has 1 aliphatic carbocycles. The molecule has 3 unspecified atom stereocenters. The number of aliphatic hydroxyl groups is 1. The summed E-state index contributed by atoms with van der Waals surface area (Å²) in [6.07, 6.45) is 5.09. The van der Waals surface area contributed by atoms with E-state index in [0.29, 0.717) is 36.9 Å². The highest BCUT2D eigenvalue weighted by Gasteiger charge is 2.64. The third-order valence-corrected chi connectivity index (χ3v) is 8.80. The van der Waals surface area contributed by atoms with Crippen LogP contribution >= 0.6 is 0 Å². The molecule has 234 valence electrons. The second kappa shape index (κ2) is 12.7. The minimum Gasteiger partial charge on any atom is -0.504 e. The summed E-state index contributed by atoms with van der Waals surface area (Å²) < 4.78 is 0. The molecule has 1 aliphatic heterocycles. The van der Waals surface area contributed by atoms with Crippen molar-refractivity contribution in [3.8, 4) is 11.5 Å². The second-order valence-corrected chi connectivity index (χ2v) is 14.2. The number of aromatic nitrogens is 1. The first-order valence-electron chi connectivity index (χ1n) is 15.6. The predicted molar refractivity (Wildman–Crippen MR) is 176 cm³/mol. The maximum Gasteiger partial charge on any atom is 0.185 e. The van der Waals surface area contributed by atoms with Gasteiger partial charge in [-0.05, 0) is 74.4 Å². The summed E-state index contributed by atoms with van der Waals surface area (Å²) >= 11 is 0. The molecule has 0 spiro atoms. The van der Waals surface area contributed by atoms with Gasteiger partial charge in [-0.15, -0.1) is 0 Å². The quantitative estimate of drug-likeness (QED) is 0.0985. The van der Waals surface area contributed by atoms with E-state index in [9.17, 15) is 15.3 Å². The van der Waals surface area contributed by atoms with Crippen molar-refractivity contribution in [3.05, 3.63) is 64.8 Å². The van der Waals surface area contributed by atoms with Crippen LogP contribution in [-0.4, -0.2) is 62.4 Å². The molecule has 2 aliphatic rings. The third kappa shape index (κ3) is 7.07. The minimum absolute atomic E-state index is 0.0960. The first-order chi connectivity index (χ1) is 20.1. The number of nitrogens with zero attached hydrogens (tertiary/aromatic N) is 3. The lowest BCUT2D eigenvalue weighted by atomic mass is 9.59. The largest absolute Gasteiger partial charge is 0.504 e. The Hall–Kier alpha value is -3.36. The summed E-state index contributed by atoms with van der Waals surface area (Å²) in [6, 6.07) is 13.5. The number of likely N-dealkylation sites (tertiary alicyclic amines) is 1. The normalized spacial score (nSPS) is 23.0. The summed E-state index contributed by atoms with van der Waals surface area (Å²) in [4.78, 5) is 11.4. The number of para-hydroxylation sites is 1. The minimum atomic E-state index is -1.13. The van der Waals surface area contributed by atoms with Crippen LogP contribution in [0.4, 0.5) is 0 Å². The average molecular weight is 590 g/mol. The summed E-state index contributed by atoms with van der Waals surface area (Å²) in [5.74, 6) is -0.145. The van der Waals surface area contributed by atoms with Crippen LogP contribution in [0.2, 0.25) is 0 Å². The van der Waals surface area contributed by atoms with E-state index >= 15 is 0 Å². The molecule has 2 aromatic carbocycles. The number of rotatable bonds is 9. The number of hydrogen-bond acceptors (Lipinski definition) is 6. The first kappa shape index (κ1) is 32.6. The van der Waals surface area contributed by atoms with Crippen molar-refractivity contribution in [2.75, 3.05) is 19.6 Å². The molecule has 3 atom stereocenters. The number of aliphatic imine (C=N–C) groups is 1. The van der Waals surface area contributed by atoms with E-state index in [2.05, 4.69) is 56.6 Å². The number of benzene rings is 2. The Morgan fingerprint density at radius 2 is 1.72 bits per heavy atom. The molecule has 0 radical (unpaired) electrons. The molecule has 7 N–H and O–H groups in total. The number of fused-ring (bicyclic) bond motifs is 5. The number of aromatic hydroxyl groups is 2. The van der Waals surface area contributed by atoms with Gasteiger partial charge < -0.3 is 26.8 Å². The van der Waals surface area contributed by atoms with Crippen molar-refractivity contribution in [2.45, 2.75) is 97.1 Å². The summed E-state index contributed by atoms with van der Waals surface area (Å²) in [6.45, 7) is 14.8. The fourth-order valence-corrected chi connectivity index (χ4v) is 6.76. The Balaban J connectivity index is 0.000000782. The van der Waals surface area contributed by atoms with Gasteiger partial charge in [0.15, 0.2) is 17.5 Å². The molecule has 2 bridgehead atoms. The van der Waals surface area contributed by atoms with Crippen molar-refractivity contribution < 1.29 is 15.3 Å². The Kier molecular flexibility index (Phi) is 9.62. The number of guanidine groups is 1. The van der Waals surface area contributed by atoms with Crippen molar-refractivity contribution in [1.82, 2.24) is 9.88 Å². The summed E-state index contributed by atoms with van der Waals surface area (Å²) in [5.41, 5.74) is 13.9. The molecule has 5 rings (SSSR count). The van der Waals surface area contributed by atoms with Crippen molar-refractivity contribution >= 4 is 16.9 Å². The Labute approximate surface area is 256 Å². The molecule has 2 heterocycles. The highest BCUT2D eigenvalue weighted by Crippen LogP contribution is 2.57. The van der Waals surface area contributed by atoms with Gasteiger partial charge in [0.05, 0.1) is 11.1 Å². The number of unbranched alkanes of at least 4 members (excludes halogenated alkanes) is 3. The lowest BCUT2D eigenvalue weighted by Gasteiger charge is -2.47. The zero-order valence-corrected chi connectivity index (χ0v) is 26.8. The predicted octanol–water partition coefficient (Wildman–Crippen LogP) is 5.31. The lowest BCUT2D eigenvalue weighted by molar-refractivity contribution is -0.0326. The molecular formula is C35H51N5O3. The van der Waals surface area contributed by atoms with E-state index in [1.54, 1.807) is 6.07 Å². The molecular weight excluding hydrogens is 538 g/mol. The van der Waals surface area contributed by atoms with Crippen LogP contribution in [0.25, 0.3) is 10.9 Å². The fourth-order valence-electron chi connectivity index (χ4n) is 6.76. The van der Waals surface area contributed by atoms with Gasteiger partial charge in [0.25, 0.3) is 0 Å². The maximum atomic E-state index is 12.2. The lowest BCUT2D eigenvalue weighted by Crippen LogP contribution is -2.57. The van der Waals surface area contributed by atoms with E-state index in [0.717, 1.165) is 60.0 Å². The highest BCUT2D eigenvalue weighted by atomic mass is 16.3. The monoisotopic (exact) mass is 589 g/mol. The second-order valence-electron chi connectivity index (χ2n) is 14.2. The average Bonchev–Trinajstić information content (AvgIpc) is 3.01. The SMILES string of the molecule is CC(C)(C)C.Cc1cc2ccccc2nc1CC12CN(CCCCCCN=C(N)N)C(Cc3ccc(O)c(O)c31)C2(C)O. The zero-order valence-electron chi connectivity index (χ0n) is 26.8. The van der Waals surface area contributed by atoms with Gasteiger partial charge >= 0.3 is 0 Å². The van der Waals surface area contributed by atoms with Crippen LogP contribution in [0.5, 0.6) is 11.5 Å². The first-order valence-corrected chi connectivity index (χ1v) is 15.6. The highest BCUT2D eigenvalue weighted by molar-refractivity contribution is 5.79. The van der Waals surface area contributed by atoms with Gasteiger partial charge in [-0.25, -0.2) is 0 Å². The number of phenolic OH excluding ortho intramolecular Hbond substituents is 2. The molecule has 0 amide bonds. The van der Waals surface area contributed by atoms with Crippen molar-refractivity contribution in [3.63, 3.8) is 0 Å². The summed E-state index contributed by atoms with van der Waals surface area (Å²) in [5, 5.41) is 35.0. The van der Waals surface area contributed by atoms with Crippen LogP contribution in [0.1, 0.15) is 82.7 Å². The number of pyridine rings is 1. The molecule has 1 fully saturated rings. The van der Waals surface area contributed by atoms with Crippen LogP contribution in [0, 0.1) is 12.3 Å². The van der Waals surface area contributed by atoms with Gasteiger partial charge in [-0.2, -0.15) is 0 Å². The number of hydrogen-bond donors (Lipinski definition) is 5. The molecule has 1 aromatic heterocycles. The van der Waals surface area contributed by atoms with E-state index in [-0.39, 0.29) is 23.5 Å². The maximum absolute atomic E-state index is 12.2. The van der Waals surface area contributed by atoms with Crippen LogP contribution in [0.15, 0.2) is 47.5 Å². The fraction of sp³-hybridized carbons (Fsp3) is 0.543. The topological polar surface area (TPSA) is 141 Å².